The summed E-state index contributed by atoms with van der Waals surface area (Å²) in [5.41, 5.74) is 7.66. The molecule has 0 spiro atoms. The van der Waals surface area contributed by atoms with Crippen LogP contribution in [0.25, 0.3) is 0 Å². The van der Waals surface area contributed by atoms with Crippen molar-refractivity contribution >= 4 is 11.5 Å². The van der Waals surface area contributed by atoms with Gasteiger partial charge in [-0.2, -0.15) is 0 Å². The van der Waals surface area contributed by atoms with Crippen molar-refractivity contribution < 1.29 is 0 Å². The lowest BCUT2D eigenvalue weighted by Gasteiger charge is -2.12. The molecule has 2 rings (SSSR count). The molecule has 0 bridgehead atoms. The van der Waals surface area contributed by atoms with E-state index in [-0.39, 0.29) is 0 Å². The standard InChI is InChI=1S/C15H19N3/c1-12(13-5-3-2-4-6-13)9-10-17-15-8-7-14(16)11-18-15/h2-8,11-12H,9-10,16H2,1H3,(H,17,18). The number of nitrogens with two attached hydrogens (primary N) is 1. The van der Waals surface area contributed by atoms with Crippen molar-refractivity contribution in [1.29, 1.82) is 0 Å². The second-order valence-corrected chi connectivity index (χ2v) is 4.50. The van der Waals surface area contributed by atoms with E-state index in [1.807, 2.05) is 18.2 Å². The molecule has 1 heterocycles. The van der Waals surface area contributed by atoms with E-state index in [1.54, 1.807) is 6.20 Å². The van der Waals surface area contributed by atoms with Gasteiger partial charge in [-0.3, -0.25) is 0 Å². The summed E-state index contributed by atoms with van der Waals surface area (Å²) in [5, 5.41) is 3.31. The second-order valence-electron chi connectivity index (χ2n) is 4.50. The number of aromatic nitrogens is 1. The molecular formula is C15H19N3. The minimum Gasteiger partial charge on any atom is -0.397 e. The molecule has 0 saturated carbocycles. The molecule has 1 aromatic heterocycles. The van der Waals surface area contributed by atoms with Crippen LogP contribution in [0.4, 0.5) is 11.5 Å². The van der Waals surface area contributed by atoms with Gasteiger partial charge in [0.2, 0.25) is 0 Å². The highest BCUT2D eigenvalue weighted by atomic mass is 15.0. The highest BCUT2D eigenvalue weighted by Crippen LogP contribution is 2.18. The number of rotatable bonds is 5. The molecule has 0 amide bonds. The maximum absolute atomic E-state index is 5.59. The SMILES string of the molecule is CC(CCNc1ccc(N)cn1)c1ccccc1. The van der Waals surface area contributed by atoms with Crippen molar-refractivity contribution in [3.63, 3.8) is 0 Å². The van der Waals surface area contributed by atoms with E-state index in [2.05, 4.69) is 41.5 Å². The van der Waals surface area contributed by atoms with Gasteiger partial charge in [0.25, 0.3) is 0 Å². The quantitative estimate of drug-likeness (QED) is 0.844. The fourth-order valence-electron chi connectivity index (χ4n) is 1.87. The Hall–Kier alpha value is -2.03. The molecule has 0 aliphatic carbocycles. The average Bonchev–Trinajstić information content (AvgIpc) is 2.42. The largest absolute Gasteiger partial charge is 0.397 e. The highest BCUT2D eigenvalue weighted by molar-refractivity contribution is 5.43. The summed E-state index contributed by atoms with van der Waals surface area (Å²) in [5.74, 6) is 1.43. The molecule has 0 radical (unpaired) electrons. The van der Waals surface area contributed by atoms with E-state index in [0.717, 1.165) is 18.8 Å². The fourth-order valence-corrected chi connectivity index (χ4v) is 1.87. The minimum absolute atomic E-state index is 0.549. The molecular weight excluding hydrogens is 222 g/mol. The molecule has 94 valence electrons. The molecule has 18 heavy (non-hydrogen) atoms. The smallest absolute Gasteiger partial charge is 0.126 e. The Morgan fingerprint density at radius 2 is 1.94 bits per heavy atom. The molecule has 3 heteroatoms. The van der Waals surface area contributed by atoms with Crippen molar-refractivity contribution in [3.8, 4) is 0 Å². The van der Waals surface area contributed by atoms with E-state index in [0.29, 0.717) is 11.6 Å². The van der Waals surface area contributed by atoms with Crippen molar-refractivity contribution in [3.05, 3.63) is 54.2 Å². The first kappa shape index (κ1) is 12.4. The Morgan fingerprint density at radius 1 is 1.17 bits per heavy atom. The van der Waals surface area contributed by atoms with Crippen LogP contribution in [-0.2, 0) is 0 Å². The van der Waals surface area contributed by atoms with Gasteiger partial charge in [0, 0.05) is 6.54 Å². The molecule has 2 aromatic rings. The Morgan fingerprint density at radius 3 is 2.61 bits per heavy atom. The fraction of sp³-hybridized carbons (Fsp3) is 0.267. The molecule has 3 N–H and O–H groups in total. The van der Waals surface area contributed by atoms with Gasteiger partial charge in [0.05, 0.1) is 11.9 Å². The Labute approximate surface area is 108 Å². The van der Waals surface area contributed by atoms with E-state index < -0.39 is 0 Å². The third-order valence-corrected chi connectivity index (χ3v) is 3.04. The van der Waals surface area contributed by atoms with Gasteiger partial charge in [0.1, 0.15) is 5.82 Å². The normalized spacial score (nSPS) is 12.1. The molecule has 0 aliphatic heterocycles. The van der Waals surface area contributed by atoms with Crippen LogP contribution in [-0.4, -0.2) is 11.5 Å². The zero-order valence-corrected chi connectivity index (χ0v) is 10.6. The van der Waals surface area contributed by atoms with Crippen LogP contribution in [0, 0.1) is 0 Å². The van der Waals surface area contributed by atoms with E-state index in [4.69, 9.17) is 5.73 Å². The lowest BCUT2D eigenvalue weighted by Crippen LogP contribution is -2.07. The van der Waals surface area contributed by atoms with E-state index in [9.17, 15) is 0 Å². The van der Waals surface area contributed by atoms with Gasteiger partial charge >= 0.3 is 0 Å². The second kappa shape index (κ2) is 6.05. The average molecular weight is 241 g/mol. The first-order valence-electron chi connectivity index (χ1n) is 6.26. The molecule has 1 atom stereocenters. The summed E-state index contributed by atoms with van der Waals surface area (Å²) in [6.45, 7) is 3.15. The minimum atomic E-state index is 0.549. The van der Waals surface area contributed by atoms with Gasteiger partial charge < -0.3 is 11.1 Å². The van der Waals surface area contributed by atoms with Gasteiger partial charge in [-0.15, -0.1) is 0 Å². The molecule has 1 aromatic carbocycles. The van der Waals surface area contributed by atoms with Crippen LogP contribution in [0.15, 0.2) is 48.7 Å². The van der Waals surface area contributed by atoms with Crippen molar-refractivity contribution in [2.75, 3.05) is 17.6 Å². The molecule has 1 unspecified atom stereocenters. The van der Waals surface area contributed by atoms with Crippen molar-refractivity contribution in [1.82, 2.24) is 4.98 Å². The molecule has 3 nitrogen and oxygen atoms in total. The van der Waals surface area contributed by atoms with Crippen LogP contribution in [0.5, 0.6) is 0 Å². The summed E-state index contributed by atoms with van der Waals surface area (Å²) in [4.78, 5) is 4.21. The van der Waals surface area contributed by atoms with Crippen LogP contribution < -0.4 is 11.1 Å². The zero-order chi connectivity index (χ0) is 12.8. The van der Waals surface area contributed by atoms with Crippen LogP contribution in [0.1, 0.15) is 24.8 Å². The summed E-state index contributed by atoms with van der Waals surface area (Å²) in [6.07, 6.45) is 2.75. The van der Waals surface area contributed by atoms with Gasteiger partial charge in [-0.1, -0.05) is 37.3 Å². The Kier molecular flexibility index (Phi) is 4.18. The summed E-state index contributed by atoms with van der Waals surface area (Å²) in [7, 11) is 0. The van der Waals surface area contributed by atoms with Crippen LogP contribution in [0.3, 0.4) is 0 Å². The first-order valence-corrected chi connectivity index (χ1v) is 6.26. The number of nitrogens with zero attached hydrogens (tertiary/aromatic N) is 1. The predicted molar refractivity (Wildman–Crippen MR) is 76.6 cm³/mol. The van der Waals surface area contributed by atoms with Gasteiger partial charge in [-0.25, -0.2) is 4.98 Å². The molecule has 0 saturated heterocycles. The van der Waals surface area contributed by atoms with Crippen molar-refractivity contribution in [2.45, 2.75) is 19.3 Å². The van der Waals surface area contributed by atoms with E-state index >= 15 is 0 Å². The number of hydrogen-bond acceptors (Lipinski definition) is 3. The highest BCUT2D eigenvalue weighted by Gasteiger charge is 2.04. The molecule has 0 fully saturated rings. The summed E-state index contributed by atoms with van der Waals surface area (Å²) < 4.78 is 0. The number of nitrogen functional groups attached to an aromatic ring is 1. The summed E-state index contributed by atoms with van der Waals surface area (Å²) in [6, 6.07) is 14.3. The first-order chi connectivity index (χ1) is 8.75. The lowest BCUT2D eigenvalue weighted by atomic mass is 9.98. The van der Waals surface area contributed by atoms with Gasteiger partial charge in [-0.05, 0) is 30.0 Å². The number of pyridine rings is 1. The van der Waals surface area contributed by atoms with Crippen LogP contribution >= 0.6 is 0 Å². The Balaban J connectivity index is 1.80. The zero-order valence-electron chi connectivity index (χ0n) is 10.6. The maximum Gasteiger partial charge on any atom is 0.126 e. The lowest BCUT2D eigenvalue weighted by molar-refractivity contribution is 0.705. The summed E-state index contributed by atoms with van der Waals surface area (Å²) >= 11 is 0. The predicted octanol–water partition coefficient (Wildman–Crippen LogP) is 3.27. The molecule has 0 aliphatic rings. The number of anilines is 2. The topological polar surface area (TPSA) is 50.9 Å². The Bertz CT molecular complexity index is 465. The van der Waals surface area contributed by atoms with E-state index in [1.165, 1.54) is 5.56 Å². The van der Waals surface area contributed by atoms with Crippen molar-refractivity contribution in [2.24, 2.45) is 0 Å². The third-order valence-electron chi connectivity index (χ3n) is 3.04. The number of hydrogen-bond donors (Lipinski definition) is 2. The van der Waals surface area contributed by atoms with Gasteiger partial charge in [0.15, 0.2) is 0 Å². The monoisotopic (exact) mass is 241 g/mol. The third kappa shape index (κ3) is 3.48. The number of nitrogens with one attached hydrogen (secondary N) is 1. The number of benzene rings is 1. The maximum atomic E-state index is 5.59. The van der Waals surface area contributed by atoms with Crippen LogP contribution in [0.2, 0.25) is 0 Å².